The molecule has 5 nitrogen and oxygen atoms in total. The van der Waals surface area contributed by atoms with Crippen molar-refractivity contribution in [2.45, 2.75) is 24.7 Å². The Morgan fingerprint density at radius 3 is 2.56 bits per heavy atom. The number of piperidine rings is 1. The number of rotatable bonds is 4. The zero-order valence-electron chi connectivity index (χ0n) is 14.8. The molecule has 2 aromatic carbocycles. The van der Waals surface area contributed by atoms with Crippen LogP contribution in [0, 0.1) is 11.7 Å². The topological polar surface area (TPSA) is 66.5 Å². The molecule has 8 heteroatoms. The Labute approximate surface area is 163 Å². The quantitative estimate of drug-likeness (QED) is 0.823. The second-order valence-corrected chi connectivity index (χ2v) is 9.03. The first kappa shape index (κ1) is 19.8. The average Bonchev–Trinajstić information content (AvgIpc) is 2.62. The van der Waals surface area contributed by atoms with Crippen molar-refractivity contribution in [1.82, 2.24) is 4.31 Å². The molecular weight excluding hydrogens is 391 g/mol. The summed E-state index contributed by atoms with van der Waals surface area (Å²) in [7, 11) is -3.57. The van der Waals surface area contributed by atoms with Gasteiger partial charge in [-0.2, -0.15) is 4.31 Å². The van der Waals surface area contributed by atoms with E-state index in [1.165, 1.54) is 40.7 Å². The minimum Gasteiger partial charge on any atom is -0.322 e. The van der Waals surface area contributed by atoms with Gasteiger partial charge in [-0.1, -0.05) is 24.6 Å². The molecule has 0 aromatic heterocycles. The van der Waals surface area contributed by atoms with E-state index in [0.717, 1.165) is 18.9 Å². The molecule has 1 heterocycles. The highest BCUT2D eigenvalue weighted by atomic mass is 35.5. The Morgan fingerprint density at radius 1 is 1.22 bits per heavy atom. The summed E-state index contributed by atoms with van der Waals surface area (Å²) in [5.74, 6) is -1.09. The summed E-state index contributed by atoms with van der Waals surface area (Å²) in [6.45, 7) is 3.05. The summed E-state index contributed by atoms with van der Waals surface area (Å²) in [6, 6.07) is 9.82. The smallest absolute Gasteiger partial charge is 0.260 e. The van der Waals surface area contributed by atoms with E-state index in [4.69, 9.17) is 11.6 Å². The van der Waals surface area contributed by atoms with Crippen LogP contribution in [0.2, 0.25) is 5.02 Å². The van der Waals surface area contributed by atoms with E-state index < -0.39 is 21.7 Å². The molecule has 1 fully saturated rings. The summed E-state index contributed by atoms with van der Waals surface area (Å²) in [5, 5.41) is 2.54. The lowest BCUT2D eigenvalue weighted by atomic mass is 10.0. The summed E-state index contributed by atoms with van der Waals surface area (Å²) < 4.78 is 40.8. The molecule has 1 saturated heterocycles. The minimum atomic E-state index is -3.57. The Kier molecular flexibility index (Phi) is 5.83. The molecule has 1 N–H and O–H groups in total. The first-order chi connectivity index (χ1) is 12.8. The predicted octanol–water partition coefficient (Wildman–Crippen LogP) is 4.15. The fourth-order valence-electron chi connectivity index (χ4n) is 3.13. The van der Waals surface area contributed by atoms with Gasteiger partial charge in [0.2, 0.25) is 10.0 Å². The Bertz CT molecular complexity index is 928. The van der Waals surface area contributed by atoms with Crippen LogP contribution in [-0.4, -0.2) is 31.7 Å². The average molecular weight is 411 g/mol. The van der Waals surface area contributed by atoms with E-state index in [2.05, 4.69) is 5.32 Å². The molecule has 1 aliphatic heterocycles. The molecule has 0 bridgehead atoms. The Balaban J connectivity index is 1.76. The summed E-state index contributed by atoms with van der Waals surface area (Å²) in [4.78, 5) is 12.4. The molecule has 0 radical (unpaired) electrons. The van der Waals surface area contributed by atoms with E-state index >= 15 is 0 Å². The van der Waals surface area contributed by atoms with E-state index in [1.807, 2.05) is 6.92 Å². The van der Waals surface area contributed by atoms with Crippen LogP contribution in [0.15, 0.2) is 47.4 Å². The van der Waals surface area contributed by atoms with Crippen molar-refractivity contribution in [3.8, 4) is 0 Å². The number of nitrogens with zero attached hydrogens (tertiary/aromatic N) is 1. The second kappa shape index (κ2) is 7.96. The number of hydrogen-bond acceptors (Lipinski definition) is 3. The van der Waals surface area contributed by atoms with E-state index in [-0.39, 0.29) is 15.5 Å². The zero-order valence-corrected chi connectivity index (χ0v) is 16.4. The van der Waals surface area contributed by atoms with Crippen LogP contribution in [0.5, 0.6) is 0 Å². The molecule has 2 aromatic rings. The highest BCUT2D eigenvalue weighted by Gasteiger charge is 2.28. The van der Waals surface area contributed by atoms with Crippen LogP contribution in [-0.2, 0) is 10.0 Å². The lowest BCUT2D eigenvalue weighted by Crippen LogP contribution is -2.39. The SMILES string of the molecule is CC1CCCN(S(=O)(=O)c2ccc(NC(=O)c3c(F)cccc3Cl)cc2)C1. The molecule has 27 heavy (non-hydrogen) atoms. The van der Waals surface area contributed by atoms with Crippen molar-refractivity contribution in [3.05, 3.63) is 58.9 Å². The van der Waals surface area contributed by atoms with Crippen molar-refractivity contribution >= 4 is 33.2 Å². The van der Waals surface area contributed by atoms with E-state index in [9.17, 15) is 17.6 Å². The highest BCUT2D eigenvalue weighted by Crippen LogP contribution is 2.25. The van der Waals surface area contributed by atoms with Crippen LogP contribution in [0.4, 0.5) is 10.1 Å². The number of carbonyl (C=O) groups is 1. The van der Waals surface area contributed by atoms with Gasteiger partial charge in [-0.25, -0.2) is 12.8 Å². The van der Waals surface area contributed by atoms with Gasteiger partial charge in [-0.3, -0.25) is 4.79 Å². The maximum atomic E-state index is 13.8. The van der Waals surface area contributed by atoms with Gasteiger partial charge in [0.25, 0.3) is 5.91 Å². The standard InChI is InChI=1S/C19H20ClFN2O3S/c1-13-4-3-11-23(12-13)27(25,26)15-9-7-14(8-10-15)22-19(24)18-16(20)5-2-6-17(18)21/h2,5-10,13H,3-4,11-12H2,1H3,(H,22,24). The van der Waals surface area contributed by atoms with Crippen molar-refractivity contribution in [2.75, 3.05) is 18.4 Å². The molecule has 0 saturated carbocycles. The lowest BCUT2D eigenvalue weighted by molar-refractivity contribution is 0.102. The van der Waals surface area contributed by atoms with Gasteiger partial charge in [-0.15, -0.1) is 0 Å². The third kappa shape index (κ3) is 4.31. The lowest BCUT2D eigenvalue weighted by Gasteiger charge is -2.30. The fraction of sp³-hybridized carbons (Fsp3) is 0.316. The number of nitrogens with one attached hydrogen (secondary N) is 1. The molecule has 1 unspecified atom stereocenters. The second-order valence-electron chi connectivity index (χ2n) is 6.69. The van der Waals surface area contributed by atoms with Gasteiger partial charge in [0, 0.05) is 18.8 Å². The van der Waals surface area contributed by atoms with Crippen molar-refractivity contribution in [1.29, 1.82) is 0 Å². The van der Waals surface area contributed by atoms with Gasteiger partial charge in [-0.05, 0) is 55.2 Å². The zero-order chi connectivity index (χ0) is 19.6. The summed E-state index contributed by atoms with van der Waals surface area (Å²) in [5.41, 5.74) is 0.100. The van der Waals surface area contributed by atoms with E-state index in [0.29, 0.717) is 24.7 Å². The number of carbonyl (C=O) groups excluding carboxylic acids is 1. The number of hydrogen-bond donors (Lipinski definition) is 1. The first-order valence-electron chi connectivity index (χ1n) is 8.64. The molecular formula is C19H20ClFN2O3S. The monoisotopic (exact) mass is 410 g/mol. The predicted molar refractivity (Wildman–Crippen MR) is 103 cm³/mol. The number of amides is 1. The Hall–Kier alpha value is -1.96. The van der Waals surface area contributed by atoms with Crippen molar-refractivity contribution in [2.24, 2.45) is 5.92 Å². The van der Waals surface area contributed by atoms with Gasteiger partial charge >= 0.3 is 0 Å². The molecule has 1 aliphatic rings. The molecule has 0 spiro atoms. The molecule has 144 valence electrons. The largest absolute Gasteiger partial charge is 0.322 e. The van der Waals surface area contributed by atoms with Crippen LogP contribution in [0.1, 0.15) is 30.1 Å². The van der Waals surface area contributed by atoms with Crippen LogP contribution in [0.3, 0.4) is 0 Å². The van der Waals surface area contributed by atoms with Crippen molar-refractivity contribution < 1.29 is 17.6 Å². The number of sulfonamides is 1. The number of benzene rings is 2. The molecule has 3 rings (SSSR count). The third-order valence-electron chi connectivity index (χ3n) is 4.56. The summed E-state index contributed by atoms with van der Waals surface area (Å²) >= 11 is 5.89. The highest BCUT2D eigenvalue weighted by molar-refractivity contribution is 7.89. The fourth-order valence-corrected chi connectivity index (χ4v) is 4.98. The van der Waals surface area contributed by atoms with Gasteiger partial charge in [0.1, 0.15) is 5.82 Å². The van der Waals surface area contributed by atoms with Crippen molar-refractivity contribution in [3.63, 3.8) is 0 Å². The summed E-state index contributed by atoms with van der Waals surface area (Å²) in [6.07, 6.45) is 1.87. The number of halogens is 2. The first-order valence-corrected chi connectivity index (χ1v) is 10.5. The number of anilines is 1. The minimum absolute atomic E-state index is 0.00548. The van der Waals surface area contributed by atoms with Crippen LogP contribution < -0.4 is 5.32 Å². The molecule has 0 aliphatic carbocycles. The van der Waals surface area contributed by atoms with E-state index in [1.54, 1.807) is 0 Å². The maximum Gasteiger partial charge on any atom is 0.260 e. The van der Waals surface area contributed by atoms with Gasteiger partial charge in [0.05, 0.1) is 15.5 Å². The van der Waals surface area contributed by atoms with Crippen LogP contribution >= 0.6 is 11.6 Å². The van der Waals surface area contributed by atoms with Gasteiger partial charge in [0.15, 0.2) is 0 Å². The maximum absolute atomic E-state index is 13.8. The van der Waals surface area contributed by atoms with Gasteiger partial charge < -0.3 is 5.32 Å². The Morgan fingerprint density at radius 2 is 1.93 bits per heavy atom. The normalized spacial score (nSPS) is 18.3. The van der Waals surface area contributed by atoms with Crippen LogP contribution in [0.25, 0.3) is 0 Å². The third-order valence-corrected chi connectivity index (χ3v) is 6.75. The molecule has 1 amide bonds. The molecule has 1 atom stereocenters.